The third-order valence-electron chi connectivity index (χ3n) is 5.50. The van der Waals surface area contributed by atoms with E-state index in [1.54, 1.807) is 0 Å². The summed E-state index contributed by atoms with van der Waals surface area (Å²) in [7, 11) is 0. The maximum atomic E-state index is 13.7. The lowest BCUT2D eigenvalue weighted by molar-refractivity contribution is -0.137. The largest absolute Gasteiger partial charge is 0.491 e. The average Bonchev–Trinajstić information content (AvgIpc) is 2.78. The van der Waals surface area contributed by atoms with Crippen molar-refractivity contribution in [2.24, 2.45) is 5.92 Å². The number of amides is 1. The molecule has 1 aliphatic rings. The number of hydrogen-bond donors (Lipinski definition) is 1. The highest BCUT2D eigenvalue weighted by molar-refractivity contribution is 6.34. The molecule has 0 atom stereocenters. The SMILES string of the molecule is O=CC1CC(OCCOc2ccc(NC(=O)c3cc(=O)c4cccc(Cl)c4o3)c(C(F)(F)F)c2)C1. The molecular weight excluding hydrogens is 491 g/mol. The summed E-state index contributed by atoms with van der Waals surface area (Å²) in [6, 6.07) is 8.40. The van der Waals surface area contributed by atoms with Gasteiger partial charge in [-0.25, -0.2) is 0 Å². The summed E-state index contributed by atoms with van der Waals surface area (Å²) in [6.45, 7) is 0.161. The Bertz CT molecular complexity index is 1320. The van der Waals surface area contributed by atoms with Crippen LogP contribution in [0, 0.1) is 5.92 Å². The van der Waals surface area contributed by atoms with Gasteiger partial charge >= 0.3 is 6.18 Å². The van der Waals surface area contributed by atoms with Crippen LogP contribution in [0.25, 0.3) is 11.0 Å². The van der Waals surface area contributed by atoms with Crippen LogP contribution in [-0.2, 0) is 15.7 Å². The van der Waals surface area contributed by atoms with Crippen LogP contribution in [-0.4, -0.2) is 31.5 Å². The first-order valence-corrected chi connectivity index (χ1v) is 11.0. The Morgan fingerprint density at radius 1 is 1.17 bits per heavy atom. The summed E-state index contributed by atoms with van der Waals surface area (Å²) >= 11 is 6.01. The van der Waals surface area contributed by atoms with Crippen LogP contribution in [0.2, 0.25) is 5.02 Å². The number of carbonyl (C=O) groups is 2. The van der Waals surface area contributed by atoms with Crippen molar-refractivity contribution in [3.8, 4) is 5.75 Å². The topological polar surface area (TPSA) is 94.8 Å². The number of fused-ring (bicyclic) bond motifs is 1. The monoisotopic (exact) mass is 509 g/mol. The van der Waals surface area contributed by atoms with Gasteiger partial charge in [-0.2, -0.15) is 13.2 Å². The maximum Gasteiger partial charge on any atom is 0.418 e. The van der Waals surface area contributed by atoms with Gasteiger partial charge in [-0.05, 0) is 43.2 Å². The molecule has 1 saturated carbocycles. The second-order valence-corrected chi connectivity index (χ2v) is 8.37. The molecule has 0 aliphatic heterocycles. The Labute approximate surface area is 201 Å². The molecular formula is C24H19ClF3NO6. The van der Waals surface area contributed by atoms with Gasteiger partial charge in [0.1, 0.15) is 18.6 Å². The highest BCUT2D eigenvalue weighted by Gasteiger charge is 2.35. The molecule has 2 aromatic carbocycles. The molecule has 11 heteroatoms. The van der Waals surface area contributed by atoms with Crippen LogP contribution in [0.15, 0.2) is 51.7 Å². The molecule has 1 fully saturated rings. The fraction of sp³-hybridized carbons (Fsp3) is 0.292. The molecule has 0 radical (unpaired) electrons. The van der Waals surface area contributed by atoms with Gasteiger partial charge in [-0.15, -0.1) is 0 Å². The molecule has 1 aliphatic carbocycles. The van der Waals surface area contributed by atoms with Crippen molar-refractivity contribution in [2.75, 3.05) is 18.5 Å². The molecule has 1 heterocycles. The molecule has 0 saturated heterocycles. The van der Waals surface area contributed by atoms with Gasteiger partial charge < -0.3 is 24.0 Å². The maximum absolute atomic E-state index is 13.7. The molecule has 184 valence electrons. The summed E-state index contributed by atoms with van der Waals surface area (Å²) in [5.41, 5.74) is -2.29. The van der Waals surface area contributed by atoms with Gasteiger partial charge in [-0.3, -0.25) is 9.59 Å². The first-order valence-electron chi connectivity index (χ1n) is 10.6. The number of rotatable bonds is 8. The molecule has 1 amide bonds. The molecule has 35 heavy (non-hydrogen) atoms. The lowest BCUT2D eigenvalue weighted by Crippen LogP contribution is -2.33. The predicted molar refractivity (Wildman–Crippen MR) is 121 cm³/mol. The number of nitrogens with one attached hydrogen (secondary N) is 1. The van der Waals surface area contributed by atoms with Gasteiger partial charge in [0.15, 0.2) is 16.8 Å². The minimum Gasteiger partial charge on any atom is -0.491 e. The minimum absolute atomic E-state index is 0.00218. The third kappa shape index (κ3) is 5.66. The lowest BCUT2D eigenvalue weighted by Gasteiger charge is -2.31. The Morgan fingerprint density at radius 2 is 1.94 bits per heavy atom. The molecule has 0 unspecified atom stereocenters. The zero-order valence-corrected chi connectivity index (χ0v) is 18.8. The summed E-state index contributed by atoms with van der Waals surface area (Å²) in [4.78, 5) is 35.5. The van der Waals surface area contributed by atoms with Crippen LogP contribution < -0.4 is 15.5 Å². The van der Waals surface area contributed by atoms with E-state index in [-0.39, 0.29) is 47.0 Å². The van der Waals surface area contributed by atoms with Crippen LogP contribution in [0.4, 0.5) is 18.9 Å². The number of alkyl halides is 3. The zero-order chi connectivity index (χ0) is 25.2. The Morgan fingerprint density at radius 3 is 2.66 bits per heavy atom. The molecule has 1 N–H and O–H groups in total. The van der Waals surface area contributed by atoms with E-state index in [9.17, 15) is 27.6 Å². The third-order valence-corrected chi connectivity index (χ3v) is 5.80. The smallest absolute Gasteiger partial charge is 0.418 e. The summed E-state index contributed by atoms with van der Waals surface area (Å²) < 4.78 is 57.3. The van der Waals surface area contributed by atoms with Crippen molar-refractivity contribution in [3.05, 3.63) is 69.0 Å². The normalized spacial score (nSPS) is 17.6. The number of aldehydes is 1. The van der Waals surface area contributed by atoms with E-state index < -0.39 is 34.5 Å². The highest BCUT2D eigenvalue weighted by Crippen LogP contribution is 2.37. The summed E-state index contributed by atoms with van der Waals surface area (Å²) in [5, 5.41) is 2.35. The summed E-state index contributed by atoms with van der Waals surface area (Å²) in [5.74, 6) is -1.61. The fourth-order valence-electron chi connectivity index (χ4n) is 3.62. The van der Waals surface area contributed by atoms with Gasteiger partial charge in [0.25, 0.3) is 5.91 Å². The first kappa shape index (κ1) is 24.7. The van der Waals surface area contributed by atoms with Gasteiger partial charge in [-0.1, -0.05) is 17.7 Å². The van der Waals surface area contributed by atoms with Gasteiger partial charge in [0.05, 0.1) is 34.4 Å². The zero-order valence-electron chi connectivity index (χ0n) is 18.1. The van der Waals surface area contributed by atoms with E-state index in [2.05, 4.69) is 5.32 Å². The van der Waals surface area contributed by atoms with Crippen molar-refractivity contribution in [2.45, 2.75) is 25.1 Å². The fourth-order valence-corrected chi connectivity index (χ4v) is 3.84. The van der Waals surface area contributed by atoms with Gasteiger partial charge in [0.2, 0.25) is 0 Å². The minimum atomic E-state index is -4.80. The van der Waals surface area contributed by atoms with E-state index in [4.69, 9.17) is 25.5 Å². The molecule has 1 aromatic heterocycles. The Balaban J connectivity index is 1.47. The standard InChI is InChI=1S/C24H19ClF3NO6/c25-18-3-1-2-16-20(31)11-21(35-22(16)18)23(32)29-19-5-4-14(10-17(19)24(26,27)28)33-6-7-34-15-8-13(9-15)12-30/h1-5,10-13,15H,6-9H2,(H,29,32). The molecule has 3 aromatic rings. The van der Waals surface area contributed by atoms with E-state index in [0.717, 1.165) is 24.5 Å². The number of para-hydroxylation sites is 1. The van der Waals surface area contributed by atoms with Crippen LogP contribution >= 0.6 is 11.6 Å². The molecule has 0 bridgehead atoms. The highest BCUT2D eigenvalue weighted by atomic mass is 35.5. The van der Waals surface area contributed by atoms with Crippen molar-refractivity contribution >= 4 is 40.5 Å². The quantitative estimate of drug-likeness (QED) is 0.336. The number of anilines is 1. The number of benzene rings is 2. The molecule has 7 nitrogen and oxygen atoms in total. The van der Waals surface area contributed by atoms with Crippen molar-refractivity contribution < 1.29 is 36.7 Å². The molecule has 0 spiro atoms. The van der Waals surface area contributed by atoms with Crippen molar-refractivity contribution in [1.82, 2.24) is 0 Å². The van der Waals surface area contributed by atoms with Crippen LogP contribution in [0.1, 0.15) is 29.0 Å². The first-order chi connectivity index (χ1) is 16.7. The van der Waals surface area contributed by atoms with E-state index in [0.29, 0.717) is 12.8 Å². The molecule has 4 rings (SSSR count). The van der Waals surface area contributed by atoms with E-state index in [1.807, 2.05) is 0 Å². The summed E-state index contributed by atoms with van der Waals surface area (Å²) in [6.07, 6.45) is -2.73. The lowest BCUT2D eigenvalue weighted by atomic mass is 9.83. The average molecular weight is 510 g/mol. The second-order valence-electron chi connectivity index (χ2n) is 7.96. The second kappa shape index (κ2) is 10.1. The predicted octanol–water partition coefficient (Wildman–Crippen LogP) is 5.09. The van der Waals surface area contributed by atoms with E-state index >= 15 is 0 Å². The Kier molecular flexibility index (Phi) is 7.13. The van der Waals surface area contributed by atoms with Crippen LogP contribution in [0.3, 0.4) is 0 Å². The Hall–Kier alpha value is -3.37. The number of hydrogen-bond acceptors (Lipinski definition) is 6. The number of ether oxygens (including phenoxy) is 2. The van der Waals surface area contributed by atoms with Gasteiger partial charge in [0, 0.05) is 12.0 Å². The van der Waals surface area contributed by atoms with Crippen molar-refractivity contribution in [1.29, 1.82) is 0 Å². The number of carbonyl (C=O) groups excluding carboxylic acids is 2. The van der Waals surface area contributed by atoms with Crippen molar-refractivity contribution in [3.63, 3.8) is 0 Å². The van der Waals surface area contributed by atoms with Crippen LogP contribution in [0.5, 0.6) is 5.75 Å². The number of halogens is 4. The van der Waals surface area contributed by atoms with E-state index in [1.165, 1.54) is 24.3 Å².